The molecule has 0 bridgehead atoms. The van der Waals surface area contributed by atoms with E-state index in [1.165, 1.54) is 0 Å². The molecule has 4 rings (SSSR count). The molecule has 0 aliphatic carbocycles. The number of aliphatic carboxylic acids is 1. The summed E-state index contributed by atoms with van der Waals surface area (Å²) in [6.07, 6.45) is 5.13. The van der Waals surface area contributed by atoms with E-state index in [4.69, 9.17) is 19.0 Å². The molecule has 0 amide bonds. The maximum Gasteiger partial charge on any atom is 0.303 e. The van der Waals surface area contributed by atoms with Crippen LogP contribution in [0.25, 0.3) is 22.1 Å². The predicted molar refractivity (Wildman–Crippen MR) is 134 cm³/mol. The molecule has 0 radical (unpaired) electrons. The van der Waals surface area contributed by atoms with E-state index in [0.29, 0.717) is 19.6 Å². The Morgan fingerprint density at radius 3 is 2.41 bits per heavy atom. The van der Waals surface area contributed by atoms with Crippen molar-refractivity contribution >= 4 is 16.9 Å². The van der Waals surface area contributed by atoms with Gasteiger partial charge in [-0.25, -0.2) is 0 Å². The summed E-state index contributed by atoms with van der Waals surface area (Å²) in [4.78, 5) is 10.7. The molecule has 0 fully saturated rings. The van der Waals surface area contributed by atoms with Gasteiger partial charge in [-0.05, 0) is 48.2 Å². The highest BCUT2D eigenvalue weighted by Gasteiger charge is 2.15. The number of hydrogen-bond acceptors (Lipinski definition) is 4. The fourth-order valence-electron chi connectivity index (χ4n) is 4.04. The third kappa shape index (κ3) is 5.79. The number of carboxylic acids is 1. The zero-order valence-corrected chi connectivity index (χ0v) is 19.5. The number of ether oxygens (including phenoxy) is 2. The van der Waals surface area contributed by atoms with Crippen LogP contribution < -0.4 is 9.47 Å². The van der Waals surface area contributed by atoms with E-state index < -0.39 is 5.97 Å². The van der Waals surface area contributed by atoms with Crippen molar-refractivity contribution in [2.75, 3.05) is 13.2 Å². The number of carboxylic acid groups (broad SMARTS) is 1. The molecule has 0 atom stereocenters. The van der Waals surface area contributed by atoms with Crippen molar-refractivity contribution < 1.29 is 23.8 Å². The molecule has 3 aromatic carbocycles. The monoisotopic (exact) mass is 458 g/mol. The zero-order chi connectivity index (χ0) is 23.8. The molecule has 1 aromatic heterocycles. The Hall–Kier alpha value is -3.73. The lowest BCUT2D eigenvalue weighted by atomic mass is 10.0. The largest absolute Gasteiger partial charge is 0.493 e. The smallest absolute Gasteiger partial charge is 0.303 e. The normalized spacial score (nSPS) is 11.0. The van der Waals surface area contributed by atoms with Gasteiger partial charge in [0.2, 0.25) is 0 Å². The van der Waals surface area contributed by atoms with E-state index in [1.807, 2.05) is 54.8 Å². The summed E-state index contributed by atoms with van der Waals surface area (Å²) in [5.74, 6) is 0.854. The van der Waals surface area contributed by atoms with Crippen LogP contribution in [0.15, 0.2) is 77.4 Å². The number of rotatable bonds is 12. The summed E-state index contributed by atoms with van der Waals surface area (Å²) >= 11 is 0. The van der Waals surface area contributed by atoms with Crippen molar-refractivity contribution in [3.05, 3.63) is 84.1 Å². The Kier molecular flexibility index (Phi) is 7.87. The van der Waals surface area contributed by atoms with Crippen molar-refractivity contribution in [1.29, 1.82) is 0 Å². The molecule has 0 aliphatic heterocycles. The van der Waals surface area contributed by atoms with Crippen LogP contribution in [-0.4, -0.2) is 24.3 Å². The fraction of sp³-hybridized carbons (Fsp3) is 0.276. The second kappa shape index (κ2) is 11.4. The van der Waals surface area contributed by atoms with Gasteiger partial charge in [-0.3, -0.25) is 4.79 Å². The Labute approximate surface area is 199 Å². The van der Waals surface area contributed by atoms with Crippen molar-refractivity contribution in [2.24, 2.45) is 0 Å². The summed E-state index contributed by atoms with van der Waals surface area (Å²) < 4.78 is 18.0. The van der Waals surface area contributed by atoms with Crippen LogP contribution in [0, 0.1) is 0 Å². The SMILES string of the molecule is CCCc1c(OCCCOc2ccc(CCC(=O)O)cc2)ccc2c(-c3ccccc3)coc12. The topological polar surface area (TPSA) is 68.9 Å². The minimum atomic E-state index is -0.787. The number of furan rings is 1. The molecule has 0 saturated carbocycles. The van der Waals surface area contributed by atoms with Gasteiger partial charge in [0.1, 0.15) is 17.1 Å². The van der Waals surface area contributed by atoms with E-state index in [0.717, 1.165) is 64.0 Å². The van der Waals surface area contributed by atoms with Crippen LogP contribution in [0.5, 0.6) is 11.5 Å². The summed E-state index contributed by atoms with van der Waals surface area (Å²) in [6, 6.07) is 22.0. The molecule has 0 saturated heterocycles. The summed E-state index contributed by atoms with van der Waals surface area (Å²) in [7, 11) is 0. The first-order chi connectivity index (χ1) is 16.7. The van der Waals surface area contributed by atoms with E-state index in [2.05, 4.69) is 25.1 Å². The van der Waals surface area contributed by atoms with Gasteiger partial charge in [0.05, 0.1) is 19.5 Å². The summed E-state index contributed by atoms with van der Waals surface area (Å²) in [5, 5.41) is 9.89. The van der Waals surface area contributed by atoms with Crippen LogP contribution in [-0.2, 0) is 17.6 Å². The molecule has 0 spiro atoms. The Bertz CT molecular complexity index is 1210. The molecule has 5 nitrogen and oxygen atoms in total. The lowest BCUT2D eigenvalue weighted by Crippen LogP contribution is -2.06. The molecule has 1 heterocycles. The van der Waals surface area contributed by atoms with Crippen LogP contribution in [0.2, 0.25) is 0 Å². The maximum absolute atomic E-state index is 10.7. The van der Waals surface area contributed by atoms with Gasteiger partial charge in [-0.2, -0.15) is 0 Å². The molecule has 4 aromatic rings. The van der Waals surface area contributed by atoms with E-state index in [1.54, 1.807) is 0 Å². The highest BCUT2D eigenvalue weighted by atomic mass is 16.5. The average molecular weight is 459 g/mol. The van der Waals surface area contributed by atoms with Gasteiger partial charge in [-0.15, -0.1) is 0 Å². The van der Waals surface area contributed by atoms with Gasteiger partial charge in [0.25, 0.3) is 0 Å². The van der Waals surface area contributed by atoms with E-state index in [-0.39, 0.29) is 6.42 Å². The van der Waals surface area contributed by atoms with Crippen molar-refractivity contribution in [3.8, 4) is 22.6 Å². The van der Waals surface area contributed by atoms with Gasteiger partial charge in [0, 0.05) is 29.4 Å². The van der Waals surface area contributed by atoms with Gasteiger partial charge in [0.15, 0.2) is 0 Å². The van der Waals surface area contributed by atoms with Crippen LogP contribution in [0.3, 0.4) is 0 Å². The Morgan fingerprint density at radius 1 is 0.912 bits per heavy atom. The Balaban J connectivity index is 1.34. The third-order valence-electron chi connectivity index (χ3n) is 5.75. The fourth-order valence-corrected chi connectivity index (χ4v) is 4.04. The molecule has 0 unspecified atom stereocenters. The summed E-state index contributed by atoms with van der Waals surface area (Å²) in [6.45, 7) is 3.24. The minimum absolute atomic E-state index is 0.134. The zero-order valence-electron chi connectivity index (χ0n) is 19.5. The lowest BCUT2D eigenvalue weighted by molar-refractivity contribution is -0.136. The highest BCUT2D eigenvalue weighted by molar-refractivity contribution is 5.96. The van der Waals surface area contributed by atoms with Crippen molar-refractivity contribution in [3.63, 3.8) is 0 Å². The quantitative estimate of drug-likeness (QED) is 0.233. The molecule has 176 valence electrons. The van der Waals surface area contributed by atoms with E-state index >= 15 is 0 Å². The molecular weight excluding hydrogens is 428 g/mol. The van der Waals surface area contributed by atoms with Crippen LogP contribution in [0.4, 0.5) is 0 Å². The lowest BCUT2D eigenvalue weighted by Gasteiger charge is -2.12. The van der Waals surface area contributed by atoms with Gasteiger partial charge < -0.3 is 19.0 Å². The second-order valence-corrected chi connectivity index (χ2v) is 8.27. The molecular formula is C29H30O5. The standard InChI is InChI=1S/C29H30O5/c1-2-7-25-27(16-15-24-26(20-34-29(24)25)22-8-4-3-5-9-22)33-19-6-18-32-23-13-10-21(11-14-23)12-17-28(30)31/h3-5,8-11,13-16,20H,2,6-7,12,17-19H2,1H3,(H,30,31). The number of aryl methyl sites for hydroxylation is 2. The number of hydrogen-bond donors (Lipinski definition) is 1. The van der Waals surface area contributed by atoms with Crippen LogP contribution >= 0.6 is 0 Å². The first-order valence-corrected chi connectivity index (χ1v) is 11.8. The number of benzene rings is 3. The molecule has 34 heavy (non-hydrogen) atoms. The number of carbonyl (C=O) groups is 1. The predicted octanol–water partition coefficient (Wildman–Crippen LogP) is 6.92. The Morgan fingerprint density at radius 2 is 1.68 bits per heavy atom. The second-order valence-electron chi connectivity index (χ2n) is 8.27. The molecule has 5 heteroatoms. The minimum Gasteiger partial charge on any atom is -0.493 e. The van der Waals surface area contributed by atoms with Crippen LogP contribution in [0.1, 0.15) is 37.3 Å². The number of fused-ring (bicyclic) bond motifs is 1. The highest BCUT2D eigenvalue weighted by Crippen LogP contribution is 2.37. The van der Waals surface area contributed by atoms with Gasteiger partial charge in [-0.1, -0.05) is 55.8 Å². The first kappa shape index (κ1) is 23.4. The summed E-state index contributed by atoms with van der Waals surface area (Å²) in [5.41, 5.74) is 5.24. The van der Waals surface area contributed by atoms with Crippen molar-refractivity contribution in [1.82, 2.24) is 0 Å². The molecule has 1 N–H and O–H groups in total. The first-order valence-electron chi connectivity index (χ1n) is 11.8. The van der Waals surface area contributed by atoms with Gasteiger partial charge >= 0.3 is 5.97 Å². The van der Waals surface area contributed by atoms with E-state index in [9.17, 15) is 4.79 Å². The molecule has 0 aliphatic rings. The third-order valence-corrected chi connectivity index (χ3v) is 5.75. The van der Waals surface area contributed by atoms with Crippen molar-refractivity contribution in [2.45, 2.75) is 39.0 Å². The maximum atomic E-state index is 10.7. The average Bonchev–Trinajstić information content (AvgIpc) is 3.29.